The minimum atomic E-state index is 1.23. The molecule has 42 heavy (non-hydrogen) atoms. The first-order valence-electron chi connectivity index (χ1n) is 14.6. The third-order valence-electron chi connectivity index (χ3n) is 9.03. The van der Waals surface area contributed by atoms with Gasteiger partial charge in [-0.15, -0.1) is 0 Å². The fraction of sp³-hybridized carbons (Fsp3) is 0. The maximum absolute atomic E-state index is 2.41. The minimum Gasteiger partial charge on any atom is -0.0616 e. The van der Waals surface area contributed by atoms with Crippen molar-refractivity contribution in [3.8, 4) is 22.3 Å². The maximum atomic E-state index is 2.41. The lowest BCUT2D eigenvalue weighted by Gasteiger charge is -2.17. The molecule has 9 rings (SSSR count). The van der Waals surface area contributed by atoms with Crippen LogP contribution in [0.1, 0.15) is 0 Å². The van der Waals surface area contributed by atoms with Crippen LogP contribution < -0.4 is 0 Å². The minimum absolute atomic E-state index is 1.23. The van der Waals surface area contributed by atoms with Crippen LogP contribution in [0.2, 0.25) is 0 Å². The highest BCUT2D eigenvalue weighted by Crippen LogP contribution is 2.44. The third-order valence-corrected chi connectivity index (χ3v) is 9.03. The Hall–Kier alpha value is -5.46. The molecular formula is C42H26. The second-order valence-electron chi connectivity index (χ2n) is 11.3. The lowest BCUT2D eigenvalue weighted by Crippen LogP contribution is -1.89. The van der Waals surface area contributed by atoms with Crippen molar-refractivity contribution >= 4 is 64.6 Å². The number of hydrogen-bond donors (Lipinski definition) is 0. The van der Waals surface area contributed by atoms with E-state index < -0.39 is 0 Å². The average Bonchev–Trinajstić information content (AvgIpc) is 3.07. The molecule has 194 valence electrons. The standard InChI is InChI=1S/C42H26/c1-2-12-31-28(10-1)11-9-19-32(31)29-22-20-27(21-23-29)30-24-25-36-35-15-5-7-17-38(35)41-37-16-6-3-13-33(37)34-14-4-8-18-39(34)42(41)40(36)26-30/h1-26H. The second kappa shape index (κ2) is 9.03. The first-order valence-corrected chi connectivity index (χ1v) is 14.6. The molecule has 0 aliphatic heterocycles. The molecule has 0 amide bonds. The average molecular weight is 531 g/mol. The van der Waals surface area contributed by atoms with Gasteiger partial charge in [0.25, 0.3) is 0 Å². The molecule has 0 nitrogen and oxygen atoms in total. The fourth-order valence-electron chi connectivity index (χ4n) is 7.12. The van der Waals surface area contributed by atoms with E-state index in [9.17, 15) is 0 Å². The maximum Gasteiger partial charge on any atom is -0.00137 e. The van der Waals surface area contributed by atoms with Crippen LogP contribution in [0.25, 0.3) is 86.9 Å². The van der Waals surface area contributed by atoms with Crippen molar-refractivity contribution in [2.75, 3.05) is 0 Å². The second-order valence-corrected chi connectivity index (χ2v) is 11.3. The predicted molar refractivity (Wildman–Crippen MR) is 182 cm³/mol. The van der Waals surface area contributed by atoms with E-state index in [2.05, 4.69) is 158 Å². The lowest BCUT2D eigenvalue weighted by atomic mass is 9.86. The molecule has 0 spiro atoms. The number of fused-ring (bicyclic) bond motifs is 12. The van der Waals surface area contributed by atoms with Gasteiger partial charge < -0.3 is 0 Å². The summed E-state index contributed by atoms with van der Waals surface area (Å²) in [6.07, 6.45) is 0. The lowest BCUT2D eigenvalue weighted by molar-refractivity contribution is 1.62. The van der Waals surface area contributed by atoms with E-state index in [1.165, 1.54) is 86.9 Å². The number of rotatable bonds is 2. The molecule has 0 unspecified atom stereocenters. The summed E-state index contributed by atoms with van der Waals surface area (Å²) >= 11 is 0. The Balaban J connectivity index is 1.33. The smallest absolute Gasteiger partial charge is 0.00137 e. The van der Waals surface area contributed by atoms with Crippen LogP contribution in [-0.2, 0) is 0 Å². The molecule has 0 bridgehead atoms. The summed E-state index contributed by atoms with van der Waals surface area (Å²) in [4.78, 5) is 0. The predicted octanol–water partition coefficient (Wildman–Crippen LogP) is 11.9. The SMILES string of the molecule is c1ccc2c(-c3ccc(-c4ccc5c6ccccc6c6c7ccccc7c7ccccc7c6c5c4)cc3)cccc2c1. The van der Waals surface area contributed by atoms with Crippen molar-refractivity contribution < 1.29 is 0 Å². The van der Waals surface area contributed by atoms with Gasteiger partial charge in [0.2, 0.25) is 0 Å². The monoisotopic (exact) mass is 530 g/mol. The van der Waals surface area contributed by atoms with Crippen LogP contribution >= 0.6 is 0 Å². The zero-order chi connectivity index (χ0) is 27.6. The molecule has 0 aliphatic carbocycles. The van der Waals surface area contributed by atoms with Crippen LogP contribution in [-0.4, -0.2) is 0 Å². The Labute approximate surface area is 244 Å². The highest BCUT2D eigenvalue weighted by Gasteiger charge is 2.16. The Morgan fingerprint density at radius 1 is 0.238 bits per heavy atom. The molecule has 0 fully saturated rings. The van der Waals surface area contributed by atoms with Crippen molar-refractivity contribution in [3.05, 3.63) is 158 Å². The van der Waals surface area contributed by atoms with Crippen molar-refractivity contribution in [1.29, 1.82) is 0 Å². The summed E-state index contributed by atoms with van der Waals surface area (Å²) in [6, 6.07) is 58.0. The van der Waals surface area contributed by atoms with E-state index in [1.807, 2.05) is 0 Å². The van der Waals surface area contributed by atoms with Gasteiger partial charge in [-0.25, -0.2) is 0 Å². The molecule has 0 heteroatoms. The van der Waals surface area contributed by atoms with Crippen LogP contribution in [0.4, 0.5) is 0 Å². The van der Waals surface area contributed by atoms with E-state index in [1.54, 1.807) is 0 Å². The first-order chi connectivity index (χ1) is 20.8. The molecule has 0 aliphatic rings. The van der Waals surface area contributed by atoms with Gasteiger partial charge in [-0.1, -0.05) is 152 Å². The van der Waals surface area contributed by atoms with Gasteiger partial charge in [0.1, 0.15) is 0 Å². The molecule has 0 aromatic heterocycles. The van der Waals surface area contributed by atoms with Crippen LogP contribution in [0.5, 0.6) is 0 Å². The van der Waals surface area contributed by atoms with Gasteiger partial charge in [-0.2, -0.15) is 0 Å². The molecule has 0 heterocycles. The third kappa shape index (κ3) is 3.36. The molecule has 0 saturated carbocycles. The number of hydrogen-bond acceptors (Lipinski definition) is 0. The van der Waals surface area contributed by atoms with Crippen LogP contribution in [0.15, 0.2) is 158 Å². The Morgan fingerprint density at radius 3 is 1.29 bits per heavy atom. The summed E-state index contributed by atoms with van der Waals surface area (Å²) in [5.41, 5.74) is 4.98. The van der Waals surface area contributed by atoms with Crippen molar-refractivity contribution in [2.45, 2.75) is 0 Å². The fourth-order valence-corrected chi connectivity index (χ4v) is 7.12. The van der Waals surface area contributed by atoms with Gasteiger partial charge in [-0.3, -0.25) is 0 Å². The number of benzene rings is 9. The summed E-state index contributed by atoms with van der Waals surface area (Å²) in [5.74, 6) is 0. The molecule has 0 atom stereocenters. The molecule has 9 aromatic rings. The highest BCUT2D eigenvalue weighted by atomic mass is 14.2. The summed E-state index contributed by atoms with van der Waals surface area (Å²) in [6.45, 7) is 0. The van der Waals surface area contributed by atoms with Crippen molar-refractivity contribution in [1.82, 2.24) is 0 Å². The van der Waals surface area contributed by atoms with E-state index >= 15 is 0 Å². The normalized spacial score (nSPS) is 11.8. The summed E-state index contributed by atoms with van der Waals surface area (Å²) in [7, 11) is 0. The van der Waals surface area contributed by atoms with E-state index in [0.29, 0.717) is 0 Å². The highest BCUT2D eigenvalue weighted by molar-refractivity contribution is 6.39. The van der Waals surface area contributed by atoms with Gasteiger partial charge in [0.15, 0.2) is 0 Å². The molecule has 9 aromatic carbocycles. The first kappa shape index (κ1) is 23.3. The largest absolute Gasteiger partial charge is 0.0616 e. The van der Waals surface area contributed by atoms with E-state index in [0.717, 1.165) is 0 Å². The molecular weight excluding hydrogens is 504 g/mol. The summed E-state index contributed by atoms with van der Waals surface area (Å²) in [5, 5.41) is 15.7. The molecule has 0 N–H and O–H groups in total. The van der Waals surface area contributed by atoms with Crippen molar-refractivity contribution in [2.24, 2.45) is 0 Å². The Bertz CT molecular complexity index is 2480. The van der Waals surface area contributed by atoms with Crippen molar-refractivity contribution in [3.63, 3.8) is 0 Å². The molecule has 0 saturated heterocycles. The Morgan fingerprint density at radius 2 is 0.667 bits per heavy atom. The van der Waals surface area contributed by atoms with Gasteiger partial charge in [0, 0.05) is 0 Å². The van der Waals surface area contributed by atoms with E-state index in [4.69, 9.17) is 0 Å². The van der Waals surface area contributed by atoms with Crippen LogP contribution in [0.3, 0.4) is 0 Å². The van der Waals surface area contributed by atoms with Crippen LogP contribution in [0, 0.1) is 0 Å². The van der Waals surface area contributed by atoms with E-state index in [-0.39, 0.29) is 0 Å². The quantitative estimate of drug-likeness (QED) is 0.195. The zero-order valence-corrected chi connectivity index (χ0v) is 23.0. The van der Waals surface area contributed by atoms with Gasteiger partial charge >= 0.3 is 0 Å². The summed E-state index contributed by atoms with van der Waals surface area (Å²) < 4.78 is 0. The Kier molecular flexibility index (Phi) is 5.00. The molecule has 0 radical (unpaired) electrons. The zero-order valence-electron chi connectivity index (χ0n) is 23.0. The van der Waals surface area contributed by atoms with Gasteiger partial charge in [-0.05, 0) is 93.0 Å². The van der Waals surface area contributed by atoms with Gasteiger partial charge in [0.05, 0.1) is 0 Å². The topological polar surface area (TPSA) is 0 Å².